The quantitative estimate of drug-likeness (QED) is 0.526. The summed E-state index contributed by atoms with van der Waals surface area (Å²) in [6.45, 7) is 4.02. The molecule has 1 aliphatic rings. The average Bonchev–Trinajstić information content (AvgIpc) is 2.17. The molecule has 0 aliphatic carbocycles. The van der Waals surface area contributed by atoms with E-state index in [1.807, 2.05) is 13.8 Å². The third-order valence-corrected chi connectivity index (χ3v) is 2.00. The highest BCUT2D eigenvalue weighted by atomic mass is 16.5. The Bertz CT molecular complexity index is 118. The SMILES string of the molecule is [2H]C[C@H]1O[C@@H](C)[C@H](O)[C@@H]1C. The van der Waals surface area contributed by atoms with Gasteiger partial charge in [-0.15, -0.1) is 0 Å². The minimum absolute atomic E-state index is 0.0648. The van der Waals surface area contributed by atoms with Crippen molar-refractivity contribution >= 4 is 0 Å². The molecule has 1 heterocycles. The molecule has 1 fully saturated rings. The Morgan fingerprint density at radius 3 is 2.33 bits per heavy atom. The normalized spacial score (nSPS) is 53.4. The Hall–Kier alpha value is -0.0800. The molecule has 1 N–H and O–H groups in total. The monoisotopic (exact) mass is 131 g/mol. The molecule has 2 heteroatoms. The van der Waals surface area contributed by atoms with Crippen molar-refractivity contribution in [3.8, 4) is 0 Å². The summed E-state index contributed by atoms with van der Waals surface area (Å²) < 4.78 is 12.4. The van der Waals surface area contributed by atoms with Crippen molar-refractivity contribution in [1.29, 1.82) is 0 Å². The number of aliphatic hydroxyl groups excluding tert-OH is 1. The second-order valence-corrected chi connectivity index (χ2v) is 2.73. The summed E-state index contributed by atoms with van der Waals surface area (Å²) in [7, 11) is 0. The van der Waals surface area contributed by atoms with E-state index in [9.17, 15) is 5.11 Å². The van der Waals surface area contributed by atoms with Crippen LogP contribution in [0.2, 0.25) is 0 Å². The second kappa shape index (κ2) is 2.27. The fraction of sp³-hybridized carbons (Fsp3) is 1.00. The van der Waals surface area contributed by atoms with E-state index >= 15 is 0 Å². The van der Waals surface area contributed by atoms with Crippen LogP contribution in [0.5, 0.6) is 0 Å². The van der Waals surface area contributed by atoms with Crippen LogP contribution >= 0.6 is 0 Å². The maximum Gasteiger partial charge on any atom is 0.0849 e. The van der Waals surface area contributed by atoms with Crippen LogP contribution in [-0.2, 0) is 4.74 Å². The van der Waals surface area contributed by atoms with Crippen molar-refractivity contribution in [2.45, 2.75) is 39.1 Å². The van der Waals surface area contributed by atoms with E-state index in [4.69, 9.17) is 6.11 Å². The van der Waals surface area contributed by atoms with Gasteiger partial charge in [0.05, 0.1) is 18.3 Å². The van der Waals surface area contributed by atoms with Gasteiger partial charge >= 0.3 is 0 Å². The largest absolute Gasteiger partial charge is 0.390 e. The van der Waals surface area contributed by atoms with E-state index in [1.165, 1.54) is 0 Å². The number of aliphatic hydroxyl groups is 1. The molecule has 0 aromatic carbocycles. The first-order valence-electron chi connectivity index (χ1n) is 4.00. The fourth-order valence-electron chi connectivity index (χ4n) is 1.13. The maximum atomic E-state index is 9.36. The molecule has 1 saturated heterocycles. The molecule has 1 aliphatic heterocycles. The second-order valence-electron chi connectivity index (χ2n) is 2.73. The van der Waals surface area contributed by atoms with Gasteiger partial charge in [-0.1, -0.05) is 6.92 Å². The van der Waals surface area contributed by atoms with Crippen molar-refractivity contribution in [2.75, 3.05) is 0 Å². The average molecular weight is 131 g/mol. The molecule has 1 rings (SSSR count). The summed E-state index contributed by atoms with van der Waals surface area (Å²) in [5, 5.41) is 9.36. The maximum absolute atomic E-state index is 9.36. The van der Waals surface area contributed by atoms with Crippen LogP contribution in [0.25, 0.3) is 0 Å². The van der Waals surface area contributed by atoms with Gasteiger partial charge in [0.2, 0.25) is 0 Å². The molecular formula is C7H14O2. The van der Waals surface area contributed by atoms with Crippen LogP contribution in [0.15, 0.2) is 0 Å². The Morgan fingerprint density at radius 2 is 2.11 bits per heavy atom. The number of ether oxygens (including phenoxy) is 1. The highest BCUT2D eigenvalue weighted by Crippen LogP contribution is 2.25. The zero-order chi connectivity index (χ0) is 7.72. The first-order valence-corrected chi connectivity index (χ1v) is 3.29. The Kier molecular flexibility index (Phi) is 1.44. The molecule has 0 aromatic heterocycles. The molecule has 54 valence electrons. The van der Waals surface area contributed by atoms with E-state index < -0.39 is 0 Å². The van der Waals surface area contributed by atoms with Crippen LogP contribution in [0, 0.1) is 5.92 Å². The summed E-state index contributed by atoms with van der Waals surface area (Å²) >= 11 is 0. The van der Waals surface area contributed by atoms with E-state index in [-0.39, 0.29) is 31.1 Å². The summed E-state index contributed by atoms with van der Waals surface area (Å²) in [5.74, 6) is 0.118. The minimum Gasteiger partial charge on any atom is -0.390 e. The van der Waals surface area contributed by atoms with Gasteiger partial charge in [-0.05, 0) is 13.8 Å². The predicted octanol–water partition coefficient (Wildman–Crippen LogP) is 0.791. The zero-order valence-electron chi connectivity index (χ0n) is 6.87. The molecule has 0 spiro atoms. The van der Waals surface area contributed by atoms with Gasteiger partial charge in [0.15, 0.2) is 0 Å². The van der Waals surface area contributed by atoms with Crippen LogP contribution in [0.3, 0.4) is 0 Å². The molecule has 0 bridgehead atoms. The van der Waals surface area contributed by atoms with Crippen LogP contribution in [0.1, 0.15) is 22.1 Å². The zero-order valence-corrected chi connectivity index (χ0v) is 5.87. The third kappa shape index (κ3) is 1.10. The predicted molar refractivity (Wildman–Crippen MR) is 35.2 cm³/mol. The first kappa shape index (κ1) is 5.69. The van der Waals surface area contributed by atoms with Crippen molar-refractivity contribution in [1.82, 2.24) is 0 Å². The van der Waals surface area contributed by atoms with Gasteiger partial charge in [0, 0.05) is 7.29 Å². The summed E-state index contributed by atoms with van der Waals surface area (Å²) in [6, 6.07) is 0. The highest BCUT2D eigenvalue weighted by molar-refractivity contribution is 4.82. The van der Waals surface area contributed by atoms with Crippen molar-refractivity contribution in [3.63, 3.8) is 0 Å². The lowest BCUT2D eigenvalue weighted by atomic mass is 10.0. The van der Waals surface area contributed by atoms with Gasteiger partial charge in [0.1, 0.15) is 0 Å². The lowest BCUT2D eigenvalue weighted by Crippen LogP contribution is -2.22. The molecule has 0 aromatic rings. The van der Waals surface area contributed by atoms with Crippen LogP contribution in [0.4, 0.5) is 0 Å². The van der Waals surface area contributed by atoms with Crippen molar-refractivity contribution < 1.29 is 11.2 Å². The van der Waals surface area contributed by atoms with Crippen LogP contribution in [-0.4, -0.2) is 23.4 Å². The van der Waals surface area contributed by atoms with Crippen molar-refractivity contribution in [2.24, 2.45) is 5.92 Å². The standard InChI is InChI=1S/C7H14O2/c1-4-5(2)9-6(3)7(4)8/h4-8H,1-3H3/t4-,5-,6+,7-/m1/s1/i2D. The van der Waals surface area contributed by atoms with Gasteiger partial charge in [-0.3, -0.25) is 0 Å². The van der Waals surface area contributed by atoms with E-state index in [0.29, 0.717) is 0 Å². The van der Waals surface area contributed by atoms with E-state index in [0.717, 1.165) is 0 Å². The Morgan fingerprint density at radius 1 is 1.44 bits per heavy atom. The third-order valence-electron chi connectivity index (χ3n) is 2.00. The van der Waals surface area contributed by atoms with E-state index in [2.05, 4.69) is 0 Å². The number of hydrogen-bond acceptors (Lipinski definition) is 2. The minimum atomic E-state index is -0.379. The molecule has 4 atom stereocenters. The molecule has 0 radical (unpaired) electrons. The summed E-state index contributed by atoms with van der Waals surface area (Å²) in [6.07, 6.45) is -0.536. The van der Waals surface area contributed by atoms with E-state index in [1.54, 1.807) is 0 Å². The Labute approximate surface area is 57.2 Å². The Balaban J connectivity index is 2.53. The topological polar surface area (TPSA) is 29.5 Å². The summed E-state index contributed by atoms with van der Waals surface area (Å²) in [4.78, 5) is 0. The fourth-order valence-corrected chi connectivity index (χ4v) is 1.13. The molecular weight excluding hydrogens is 116 g/mol. The number of rotatable bonds is 0. The molecule has 0 amide bonds. The van der Waals surface area contributed by atoms with Gasteiger partial charge in [0.25, 0.3) is 0 Å². The molecule has 2 nitrogen and oxygen atoms in total. The molecule has 9 heavy (non-hydrogen) atoms. The smallest absolute Gasteiger partial charge is 0.0849 e. The van der Waals surface area contributed by atoms with Crippen LogP contribution < -0.4 is 0 Å². The first-order chi connectivity index (χ1) is 4.66. The lowest BCUT2D eigenvalue weighted by molar-refractivity contribution is 0.0287. The van der Waals surface area contributed by atoms with Gasteiger partial charge in [-0.25, -0.2) is 0 Å². The molecule has 0 unspecified atom stereocenters. The highest BCUT2D eigenvalue weighted by Gasteiger charge is 2.34. The summed E-state index contributed by atoms with van der Waals surface area (Å²) in [5.41, 5.74) is 0. The molecule has 0 saturated carbocycles. The van der Waals surface area contributed by atoms with Crippen molar-refractivity contribution in [3.05, 3.63) is 0 Å². The van der Waals surface area contributed by atoms with Gasteiger partial charge in [-0.2, -0.15) is 0 Å². The number of hydrogen-bond donors (Lipinski definition) is 1. The lowest BCUT2D eigenvalue weighted by Gasteiger charge is -2.09. The van der Waals surface area contributed by atoms with Gasteiger partial charge < -0.3 is 9.84 Å².